The van der Waals surface area contributed by atoms with Gasteiger partial charge in [-0.1, -0.05) is 38.0 Å². The molecule has 0 radical (unpaired) electrons. The lowest BCUT2D eigenvalue weighted by Gasteiger charge is -2.29. The van der Waals surface area contributed by atoms with Crippen LogP contribution in [0.4, 0.5) is 4.79 Å². The van der Waals surface area contributed by atoms with Crippen molar-refractivity contribution in [2.75, 3.05) is 33.4 Å². The molecule has 0 aliphatic rings. The van der Waals surface area contributed by atoms with Crippen LogP contribution in [0.25, 0.3) is 0 Å². The number of urea groups is 1. The van der Waals surface area contributed by atoms with Gasteiger partial charge in [-0.25, -0.2) is 14.4 Å². The van der Waals surface area contributed by atoms with Gasteiger partial charge in [0.1, 0.15) is 31.4 Å². The third-order valence-electron chi connectivity index (χ3n) is 4.46. The van der Waals surface area contributed by atoms with Crippen molar-refractivity contribution < 1.29 is 33.4 Å². The lowest BCUT2D eigenvalue weighted by molar-refractivity contribution is -0.149. The number of carbonyl (C=O) groups excluding carboxylic acids is 4. The van der Waals surface area contributed by atoms with E-state index in [0.29, 0.717) is 12.8 Å². The summed E-state index contributed by atoms with van der Waals surface area (Å²) in [6.07, 6.45) is 5.78. The number of unbranched alkanes of at least 4 members (excludes halogenated alkanes) is 1. The standard InChI is InChI=1S/C23H37N3O7/c1-6-15-31-19(27)12-11-18(20(28)32-16-7-2)25-22(30)26-23(4,13-9-10-14-24-5)21(29)33-17-8-3/h6-8,18,24H,1-3,9-17H2,4-5H3,(H2,25,26,30). The molecule has 0 aromatic heterocycles. The van der Waals surface area contributed by atoms with Crippen LogP contribution < -0.4 is 16.0 Å². The van der Waals surface area contributed by atoms with E-state index >= 15 is 0 Å². The Kier molecular flexibility index (Phi) is 15.8. The lowest BCUT2D eigenvalue weighted by atomic mass is 9.94. The van der Waals surface area contributed by atoms with E-state index in [1.165, 1.54) is 18.2 Å². The minimum absolute atomic E-state index is 0.00242. The van der Waals surface area contributed by atoms with Gasteiger partial charge in [0, 0.05) is 6.42 Å². The van der Waals surface area contributed by atoms with Crippen molar-refractivity contribution in [3.63, 3.8) is 0 Å². The van der Waals surface area contributed by atoms with E-state index in [2.05, 4.69) is 35.7 Å². The molecule has 2 amide bonds. The summed E-state index contributed by atoms with van der Waals surface area (Å²) in [4.78, 5) is 49.4. The summed E-state index contributed by atoms with van der Waals surface area (Å²) in [5.41, 5.74) is -1.33. The molecule has 0 saturated carbocycles. The molecular weight excluding hydrogens is 430 g/mol. The maximum Gasteiger partial charge on any atom is 0.331 e. The molecule has 0 aliphatic carbocycles. The van der Waals surface area contributed by atoms with Gasteiger partial charge in [0.25, 0.3) is 0 Å². The maximum atomic E-state index is 12.7. The third-order valence-corrected chi connectivity index (χ3v) is 4.46. The summed E-state index contributed by atoms with van der Waals surface area (Å²) in [5, 5.41) is 8.10. The van der Waals surface area contributed by atoms with Crippen LogP contribution >= 0.6 is 0 Å². The predicted molar refractivity (Wildman–Crippen MR) is 124 cm³/mol. The van der Waals surface area contributed by atoms with Crippen molar-refractivity contribution in [2.45, 2.75) is 50.6 Å². The largest absolute Gasteiger partial charge is 0.461 e. The molecule has 3 N–H and O–H groups in total. The second-order valence-electron chi connectivity index (χ2n) is 7.36. The number of carbonyl (C=O) groups is 4. The summed E-state index contributed by atoms with van der Waals surface area (Å²) in [5.74, 6) is -1.92. The number of nitrogens with one attached hydrogen (secondary N) is 3. The quantitative estimate of drug-likeness (QED) is 0.120. The number of amides is 2. The zero-order chi connectivity index (χ0) is 25.1. The monoisotopic (exact) mass is 467 g/mol. The zero-order valence-corrected chi connectivity index (χ0v) is 19.7. The summed E-state index contributed by atoms with van der Waals surface area (Å²) in [6.45, 7) is 12.7. The second-order valence-corrected chi connectivity index (χ2v) is 7.36. The van der Waals surface area contributed by atoms with Gasteiger partial charge in [0.05, 0.1) is 0 Å². The fourth-order valence-electron chi connectivity index (χ4n) is 2.71. The Morgan fingerprint density at radius 2 is 1.55 bits per heavy atom. The topological polar surface area (TPSA) is 132 Å². The Balaban J connectivity index is 5.27. The first-order chi connectivity index (χ1) is 15.7. The van der Waals surface area contributed by atoms with E-state index in [0.717, 1.165) is 13.0 Å². The highest BCUT2D eigenvalue weighted by Crippen LogP contribution is 2.16. The molecule has 10 nitrogen and oxygen atoms in total. The Morgan fingerprint density at radius 3 is 2.15 bits per heavy atom. The van der Waals surface area contributed by atoms with Crippen molar-refractivity contribution in [3.05, 3.63) is 38.0 Å². The van der Waals surface area contributed by atoms with Gasteiger partial charge in [-0.2, -0.15) is 0 Å². The fraction of sp³-hybridized carbons (Fsp3) is 0.565. The highest BCUT2D eigenvalue weighted by atomic mass is 16.5. The van der Waals surface area contributed by atoms with Gasteiger partial charge in [0.15, 0.2) is 0 Å². The summed E-state index contributed by atoms with van der Waals surface area (Å²) >= 11 is 0. The van der Waals surface area contributed by atoms with Gasteiger partial charge in [0.2, 0.25) is 0 Å². The number of hydrogen-bond acceptors (Lipinski definition) is 8. The van der Waals surface area contributed by atoms with Crippen LogP contribution in [0.5, 0.6) is 0 Å². The fourth-order valence-corrected chi connectivity index (χ4v) is 2.71. The molecule has 0 bridgehead atoms. The van der Waals surface area contributed by atoms with E-state index in [1.54, 1.807) is 6.92 Å². The molecule has 2 unspecified atom stereocenters. The molecule has 186 valence electrons. The molecule has 33 heavy (non-hydrogen) atoms. The van der Waals surface area contributed by atoms with E-state index in [9.17, 15) is 19.2 Å². The molecule has 0 aromatic rings. The number of hydrogen-bond donors (Lipinski definition) is 3. The van der Waals surface area contributed by atoms with Crippen molar-refractivity contribution in [1.29, 1.82) is 0 Å². The van der Waals surface area contributed by atoms with E-state index in [-0.39, 0.29) is 32.7 Å². The molecule has 10 heteroatoms. The highest BCUT2D eigenvalue weighted by Gasteiger charge is 2.37. The van der Waals surface area contributed by atoms with E-state index in [4.69, 9.17) is 14.2 Å². The normalized spacial score (nSPS) is 12.9. The van der Waals surface area contributed by atoms with Crippen LogP contribution in [0.15, 0.2) is 38.0 Å². The Labute approximate surface area is 195 Å². The molecular formula is C23H37N3O7. The van der Waals surface area contributed by atoms with Gasteiger partial charge < -0.3 is 30.2 Å². The van der Waals surface area contributed by atoms with Crippen molar-refractivity contribution in [1.82, 2.24) is 16.0 Å². The highest BCUT2D eigenvalue weighted by molar-refractivity contribution is 5.89. The SMILES string of the molecule is C=CCOC(=O)CCC(NC(=O)NC(C)(CCCCNC)C(=O)OCC=C)C(=O)OCC=C. The van der Waals surface area contributed by atoms with Crippen LogP contribution in [-0.4, -0.2) is 68.9 Å². The maximum absolute atomic E-state index is 12.7. The first-order valence-electron chi connectivity index (χ1n) is 10.8. The van der Waals surface area contributed by atoms with Gasteiger partial charge >= 0.3 is 23.9 Å². The Bertz CT molecular complexity index is 681. The van der Waals surface area contributed by atoms with Crippen LogP contribution in [0.2, 0.25) is 0 Å². The van der Waals surface area contributed by atoms with E-state index in [1.807, 2.05) is 7.05 Å². The number of ether oxygens (including phenoxy) is 3. The van der Waals surface area contributed by atoms with Crippen LogP contribution in [-0.2, 0) is 28.6 Å². The summed E-state index contributed by atoms with van der Waals surface area (Å²) in [7, 11) is 1.82. The lowest BCUT2D eigenvalue weighted by Crippen LogP contribution is -2.58. The molecule has 0 saturated heterocycles. The smallest absolute Gasteiger partial charge is 0.331 e. The summed E-state index contributed by atoms with van der Waals surface area (Å²) in [6, 6.07) is -1.92. The van der Waals surface area contributed by atoms with Gasteiger partial charge in [-0.3, -0.25) is 4.79 Å². The minimum Gasteiger partial charge on any atom is -0.461 e. The van der Waals surface area contributed by atoms with Gasteiger partial charge in [-0.15, -0.1) is 0 Å². The molecule has 0 spiro atoms. The molecule has 0 rings (SSSR count). The van der Waals surface area contributed by atoms with Crippen molar-refractivity contribution >= 4 is 23.9 Å². The third kappa shape index (κ3) is 13.1. The number of rotatable bonds is 18. The van der Waals surface area contributed by atoms with Gasteiger partial charge in [-0.05, 0) is 46.2 Å². The second kappa shape index (κ2) is 17.4. The molecule has 0 aliphatic heterocycles. The molecule has 2 atom stereocenters. The first kappa shape index (κ1) is 29.9. The van der Waals surface area contributed by atoms with Crippen molar-refractivity contribution in [3.8, 4) is 0 Å². The van der Waals surface area contributed by atoms with E-state index < -0.39 is 35.5 Å². The molecule has 0 fully saturated rings. The van der Waals surface area contributed by atoms with Crippen LogP contribution in [0.1, 0.15) is 39.0 Å². The predicted octanol–water partition coefficient (Wildman–Crippen LogP) is 1.77. The van der Waals surface area contributed by atoms with Crippen LogP contribution in [0, 0.1) is 0 Å². The van der Waals surface area contributed by atoms with Crippen molar-refractivity contribution in [2.24, 2.45) is 0 Å². The minimum atomic E-state index is -1.33. The summed E-state index contributed by atoms with van der Waals surface area (Å²) < 4.78 is 15.1. The van der Waals surface area contributed by atoms with Crippen LogP contribution in [0.3, 0.4) is 0 Å². The molecule has 0 aromatic carbocycles. The average molecular weight is 468 g/mol. The Hall–Kier alpha value is -3.14. The zero-order valence-electron chi connectivity index (χ0n) is 19.7. The number of esters is 3. The molecule has 0 heterocycles. The first-order valence-corrected chi connectivity index (χ1v) is 10.8. The Morgan fingerprint density at radius 1 is 0.939 bits per heavy atom. The average Bonchev–Trinajstić information content (AvgIpc) is 2.79.